The van der Waals surface area contributed by atoms with Crippen molar-refractivity contribution in [3.63, 3.8) is 0 Å². The molecule has 0 bridgehead atoms. The summed E-state index contributed by atoms with van der Waals surface area (Å²) in [5, 5.41) is 4.35. The molecule has 0 radical (unpaired) electrons. The van der Waals surface area contributed by atoms with Gasteiger partial charge in [-0.15, -0.1) is 0 Å². The Balaban J connectivity index is 2.11. The Hall–Kier alpha value is -1.68. The number of nitrogens with zero attached hydrogens (tertiary/aromatic N) is 3. The third kappa shape index (κ3) is 3.20. The minimum absolute atomic E-state index is 0.0546. The minimum Gasteiger partial charge on any atom is -0.322 e. The second-order valence-electron chi connectivity index (χ2n) is 5.32. The van der Waals surface area contributed by atoms with Gasteiger partial charge in [0, 0.05) is 6.04 Å². The average Bonchev–Trinajstić information content (AvgIpc) is 2.68. The van der Waals surface area contributed by atoms with Crippen LogP contribution in [0.1, 0.15) is 48.6 Å². The van der Waals surface area contributed by atoms with Crippen molar-refractivity contribution in [2.45, 2.75) is 46.2 Å². The minimum atomic E-state index is -0.0546. The van der Waals surface area contributed by atoms with Crippen LogP contribution in [-0.4, -0.2) is 14.8 Å². The van der Waals surface area contributed by atoms with Gasteiger partial charge in [-0.3, -0.25) is 0 Å². The van der Waals surface area contributed by atoms with E-state index in [2.05, 4.69) is 48.2 Å². The topological polar surface area (TPSA) is 56.7 Å². The zero-order chi connectivity index (χ0) is 14.0. The van der Waals surface area contributed by atoms with Crippen LogP contribution < -0.4 is 5.73 Å². The Labute approximate surface area is 114 Å². The Morgan fingerprint density at radius 2 is 1.68 bits per heavy atom. The molecule has 4 nitrogen and oxygen atoms in total. The standard InChI is InChI=1S/C15H22N4/c1-10(2)13-5-7-14(8-6-13)15(16)9-19-12(4)17-11(3)18-19/h5-8,10,15H,9,16H2,1-4H3. The summed E-state index contributed by atoms with van der Waals surface area (Å²) in [7, 11) is 0. The van der Waals surface area contributed by atoms with Crippen molar-refractivity contribution in [1.29, 1.82) is 0 Å². The van der Waals surface area contributed by atoms with Crippen LogP contribution in [0.25, 0.3) is 0 Å². The molecular weight excluding hydrogens is 236 g/mol. The second-order valence-corrected chi connectivity index (χ2v) is 5.32. The van der Waals surface area contributed by atoms with E-state index in [0.29, 0.717) is 12.5 Å². The highest BCUT2D eigenvalue weighted by Gasteiger charge is 2.10. The second kappa shape index (κ2) is 5.53. The van der Waals surface area contributed by atoms with Crippen LogP contribution in [0.2, 0.25) is 0 Å². The summed E-state index contributed by atoms with van der Waals surface area (Å²) in [6.45, 7) is 8.89. The van der Waals surface area contributed by atoms with Crippen LogP contribution in [0.15, 0.2) is 24.3 Å². The Morgan fingerprint density at radius 3 is 2.16 bits per heavy atom. The number of hydrogen-bond donors (Lipinski definition) is 1. The lowest BCUT2D eigenvalue weighted by Gasteiger charge is -2.14. The van der Waals surface area contributed by atoms with E-state index < -0.39 is 0 Å². The molecule has 1 unspecified atom stereocenters. The zero-order valence-electron chi connectivity index (χ0n) is 12.1. The molecule has 1 aromatic heterocycles. The molecule has 19 heavy (non-hydrogen) atoms. The van der Waals surface area contributed by atoms with Crippen molar-refractivity contribution < 1.29 is 0 Å². The van der Waals surface area contributed by atoms with E-state index in [4.69, 9.17) is 5.73 Å². The van der Waals surface area contributed by atoms with Crippen molar-refractivity contribution >= 4 is 0 Å². The normalized spacial score (nSPS) is 12.9. The monoisotopic (exact) mass is 258 g/mol. The van der Waals surface area contributed by atoms with Crippen LogP contribution in [0, 0.1) is 13.8 Å². The summed E-state index contributed by atoms with van der Waals surface area (Å²) < 4.78 is 1.87. The van der Waals surface area contributed by atoms with E-state index >= 15 is 0 Å². The molecule has 0 aliphatic heterocycles. The van der Waals surface area contributed by atoms with Crippen LogP contribution in [-0.2, 0) is 6.54 Å². The molecule has 2 aromatic rings. The number of hydrogen-bond acceptors (Lipinski definition) is 3. The van der Waals surface area contributed by atoms with Gasteiger partial charge in [0.05, 0.1) is 6.54 Å². The van der Waals surface area contributed by atoms with Gasteiger partial charge in [-0.2, -0.15) is 5.10 Å². The highest BCUT2D eigenvalue weighted by atomic mass is 15.3. The van der Waals surface area contributed by atoms with E-state index in [0.717, 1.165) is 17.2 Å². The summed E-state index contributed by atoms with van der Waals surface area (Å²) >= 11 is 0. The van der Waals surface area contributed by atoms with E-state index in [1.807, 2.05) is 18.5 Å². The first-order valence-electron chi connectivity index (χ1n) is 6.71. The van der Waals surface area contributed by atoms with Gasteiger partial charge in [0.15, 0.2) is 0 Å². The van der Waals surface area contributed by atoms with E-state index in [9.17, 15) is 0 Å². The number of rotatable bonds is 4. The molecular formula is C15H22N4. The predicted molar refractivity (Wildman–Crippen MR) is 77.0 cm³/mol. The quantitative estimate of drug-likeness (QED) is 0.917. The summed E-state index contributed by atoms with van der Waals surface area (Å²) in [4.78, 5) is 4.29. The van der Waals surface area contributed by atoms with Crippen molar-refractivity contribution in [3.05, 3.63) is 47.0 Å². The van der Waals surface area contributed by atoms with Gasteiger partial charge in [0.25, 0.3) is 0 Å². The molecule has 0 saturated heterocycles. The van der Waals surface area contributed by atoms with Gasteiger partial charge in [-0.05, 0) is 30.9 Å². The number of benzene rings is 1. The molecule has 0 aliphatic carbocycles. The summed E-state index contributed by atoms with van der Waals surface area (Å²) in [6.07, 6.45) is 0. The van der Waals surface area contributed by atoms with E-state index in [1.165, 1.54) is 5.56 Å². The summed E-state index contributed by atoms with van der Waals surface area (Å²) in [6, 6.07) is 8.47. The molecule has 1 heterocycles. The molecule has 0 saturated carbocycles. The third-order valence-electron chi connectivity index (χ3n) is 3.36. The lowest BCUT2D eigenvalue weighted by Crippen LogP contribution is -2.19. The molecule has 2 rings (SSSR count). The van der Waals surface area contributed by atoms with E-state index in [1.54, 1.807) is 0 Å². The van der Waals surface area contributed by atoms with Gasteiger partial charge in [0.1, 0.15) is 11.6 Å². The number of aromatic nitrogens is 3. The third-order valence-corrected chi connectivity index (χ3v) is 3.36. The van der Waals surface area contributed by atoms with Gasteiger partial charge in [-0.25, -0.2) is 9.67 Å². The molecule has 0 fully saturated rings. The van der Waals surface area contributed by atoms with Crippen LogP contribution in [0.5, 0.6) is 0 Å². The predicted octanol–water partition coefficient (Wildman–Crippen LogP) is 2.72. The highest BCUT2D eigenvalue weighted by Crippen LogP contribution is 2.18. The van der Waals surface area contributed by atoms with Crippen LogP contribution in [0.4, 0.5) is 0 Å². The zero-order valence-corrected chi connectivity index (χ0v) is 12.1. The maximum atomic E-state index is 6.24. The van der Waals surface area contributed by atoms with E-state index in [-0.39, 0.29) is 6.04 Å². The fraction of sp³-hybridized carbons (Fsp3) is 0.467. The summed E-state index contributed by atoms with van der Waals surface area (Å²) in [5.74, 6) is 2.25. The van der Waals surface area contributed by atoms with Crippen molar-refractivity contribution in [2.75, 3.05) is 0 Å². The molecule has 0 spiro atoms. The van der Waals surface area contributed by atoms with Crippen LogP contribution in [0.3, 0.4) is 0 Å². The number of nitrogens with two attached hydrogens (primary N) is 1. The molecule has 4 heteroatoms. The highest BCUT2D eigenvalue weighted by molar-refractivity contribution is 5.26. The molecule has 2 N–H and O–H groups in total. The number of aryl methyl sites for hydroxylation is 2. The first kappa shape index (κ1) is 13.7. The fourth-order valence-electron chi connectivity index (χ4n) is 2.15. The van der Waals surface area contributed by atoms with Crippen molar-refractivity contribution in [3.8, 4) is 0 Å². The Kier molecular flexibility index (Phi) is 4.00. The van der Waals surface area contributed by atoms with Gasteiger partial charge in [0.2, 0.25) is 0 Å². The van der Waals surface area contributed by atoms with Gasteiger partial charge >= 0.3 is 0 Å². The SMILES string of the molecule is Cc1nc(C)n(CC(N)c2ccc(C(C)C)cc2)n1. The van der Waals surface area contributed by atoms with Gasteiger partial charge in [-0.1, -0.05) is 38.1 Å². The van der Waals surface area contributed by atoms with Gasteiger partial charge < -0.3 is 5.73 Å². The van der Waals surface area contributed by atoms with Crippen LogP contribution >= 0.6 is 0 Å². The molecule has 1 aromatic carbocycles. The lowest BCUT2D eigenvalue weighted by atomic mass is 9.99. The molecule has 0 aliphatic rings. The first-order chi connectivity index (χ1) is 8.97. The lowest BCUT2D eigenvalue weighted by molar-refractivity contribution is 0.513. The Morgan fingerprint density at radius 1 is 1.11 bits per heavy atom. The fourth-order valence-corrected chi connectivity index (χ4v) is 2.15. The first-order valence-corrected chi connectivity index (χ1v) is 6.71. The Bertz CT molecular complexity index is 540. The molecule has 102 valence electrons. The maximum Gasteiger partial charge on any atom is 0.147 e. The summed E-state index contributed by atoms with van der Waals surface area (Å²) in [5.41, 5.74) is 8.72. The molecule has 1 atom stereocenters. The maximum absolute atomic E-state index is 6.24. The van der Waals surface area contributed by atoms with Crippen molar-refractivity contribution in [1.82, 2.24) is 14.8 Å². The molecule has 0 amide bonds. The average molecular weight is 258 g/mol. The van der Waals surface area contributed by atoms with Crippen molar-refractivity contribution in [2.24, 2.45) is 5.73 Å². The largest absolute Gasteiger partial charge is 0.322 e. The smallest absolute Gasteiger partial charge is 0.147 e.